The van der Waals surface area contributed by atoms with Crippen LogP contribution in [0.2, 0.25) is 0 Å². The van der Waals surface area contributed by atoms with Crippen molar-refractivity contribution in [3.05, 3.63) is 54.1 Å². The largest absolute Gasteiger partial charge is 0.454 e. The molecule has 14 nitrogen and oxygen atoms in total. The van der Waals surface area contributed by atoms with E-state index in [2.05, 4.69) is 10.6 Å². The number of sulfonamides is 1. The average molecular weight is 762 g/mol. The number of benzene rings is 2. The van der Waals surface area contributed by atoms with E-state index in [4.69, 9.17) is 28.4 Å². The first kappa shape index (κ1) is 40.6. The minimum absolute atomic E-state index is 0.00296. The number of aliphatic hydroxyl groups excluding tert-OH is 1. The molecule has 5 rings (SSSR count). The quantitative estimate of drug-likeness (QED) is 0.156. The molecule has 3 heterocycles. The number of hydrogen-bond donors (Lipinski definition) is 3. The molecule has 2 aromatic carbocycles. The molecule has 0 bridgehead atoms. The molecule has 53 heavy (non-hydrogen) atoms. The minimum Gasteiger partial charge on any atom is -0.454 e. The van der Waals surface area contributed by atoms with Crippen molar-refractivity contribution in [2.75, 3.05) is 46.2 Å². The van der Waals surface area contributed by atoms with Crippen molar-refractivity contribution in [2.24, 2.45) is 11.3 Å². The number of carbonyl (C=O) groups is 2. The molecule has 294 valence electrons. The maximum atomic E-state index is 14.4. The van der Waals surface area contributed by atoms with Crippen LogP contribution >= 0.6 is 0 Å². The summed E-state index contributed by atoms with van der Waals surface area (Å²) in [6.45, 7) is 7.44. The van der Waals surface area contributed by atoms with E-state index in [-0.39, 0.29) is 43.7 Å². The summed E-state index contributed by atoms with van der Waals surface area (Å²) >= 11 is 0. The molecule has 0 radical (unpaired) electrons. The van der Waals surface area contributed by atoms with Crippen LogP contribution in [0.15, 0.2) is 53.4 Å². The molecule has 2 amide bonds. The highest BCUT2D eigenvalue weighted by molar-refractivity contribution is 7.89. The zero-order valence-corrected chi connectivity index (χ0v) is 31.8. The second-order valence-corrected chi connectivity index (χ2v) is 16.6. The van der Waals surface area contributed by atoms with Crippen LogP contribution in [0.25, 0.3) is 0 Å². The Morgan fingerprint density at radius 2 is 1.81 bits per heavy atom. The Kier molecular flexibility index (Phi) is 14.6. The monoisotopic (exact) mass is 761 g/mol. The summed E-state index contributed by atoms with van der Waals surface area (Å²) < 4.78 is 63.0. The van der Waals surface area contributed by atoms with Crippen LogP contribution < -0.4 is 20.1 Å². The lowest BCUT2D eigenvalue weighted by Gasteiger charge is -2.35. The van der Waals surface area contributed by atoms with Crippen LogP contribution in [-0.2, 0) is 35.4 Å². The molecule has 15 heteroatoms. The average Bonchev–Trinajstić information content (AvgIpc) is 3.88. The lowest BCUT2D eigenvalue weighted by Crippen LogP contribution is -2.52. The predicted molar refractivity (Wildman–Crippen MR) is 195 cm³/mol. The standard InChI is InChI=1S/C38H55N3O11S/c1-4-5-19-48-36(43)39-18-11-7-10-17-38(2,3)25-41(53(45,46)28-14-15-32-33(22-28)51-26-50-32)23-31(42)30(21-27-12-8-6-9-13-27)40-37(44)52-34-24-49-35-29(34)16-20-47-35/h6,8-9,12-15,22,29-31,34-35,42H,4-5,7,10-11,16-21,23-26H2,1-3H3,(H,39,43)(H,40,44)/t29-,30-,31+,34-,35+/m0/s1. The summed E-state index contributed by atoms with van der Waals surface area (Å²) in [4.78, 5) is 25.1. The smallest absolute Gasteiger partial charge is 0.407 e. The Balaban J connectivity index is 1.27. The minimum atomic E-state index is -4.17. The molecule has 2 aromatic rings. The van der Waals surface area contributed by atoms with Gasteiger partial charge in [-0.3, -0.25) is 0 Å². The first-order valence-corrected chi connectivity index (χ1v) is 20.1. The summed E-state index contributed by atoms with van der Waals surface area (Å²) in [5.41, 5.74) is 0.346. The van der Waals surface area contributed by atoms with Gasteiger partial charge in [0.25, 0.3) is 0 Å². The first-order chi connectivity index (χ1) is 25.4. The SMILES string of the molecule is CCCCOC(=O)NCCCCCC(C)(C)CN(C[C@@H](O)[C@H](Cc1ccccc1)NC(=O)O[C@H]1CO[C@H]2OCC[C@H]21)S(=O)(=O)c1ccc2c(c1)OCO2. The highest BCUT2D eigenvalue weighted by atomic mass is 32.2. The third-order valence-corrected chi connectivity index (χ3v) is 11.6. The zero-order valence-electron chi connectivity index (χ0n) is 31.0. The third kappa shape index (κ3) is 11.7. The van der Waals surface area contributed by atoms with Gasteiger partial charge in [-0.2, -0.15) is 4.31 Å². The van der Waals surface area contributed by atoms with E-state index in [0.29, 0.717) is 44.1 Å². The van der Waals surface area contributed by atoms with Crippen molar-refractivity contribution < 1.29 is 51.5 Å². The fraction of sp³-hybridized carbons (Fsp3) is 0.632. The Bertz CT molecular complexity index is 1590. The number of nitrogens with one attached hydrogen (secondary N) is 2. The second-order valence-electron chi connectivity index (χ2n) is 14.7. The van der Waals surface area contributed by atoms with Gasteiger partial charge < -0.3 is 44.2 Å². The molecule has 0 aromatic heterocycles. The van der Waals surface area contributed by atoms with Crippen LogP contribution in [0.5, 0.6) is 11.5 Å². The number of amides is 2. The number of alkyl carbamates (subject to hydrolysis) is 2. The van der Waals surface area contributed by atoms with Gasteiger partial charge in [-0.15, -0.1) is 0 Å². The molecule has 3 aliphatic heterocycles. The van der Waals surface area contributed by atoms with Crippen molar-refractivity contribution in [2.45, 2.75) is 102 Å². The topological polar surface area (TPSA) is 171 Å². The van der Waals surface area contributed by atoms with Crippen LogP contribution in [0, 0.1) is 11.3 Å². The summed E-state index contributed by atoms with van der Waals surface area (Å²) in [7, 11) is -4.17. The lowest BCUT2D eigenvalue weighted by atomic mass is 9.86. The maximum absolute atomic E-state index is 14.4. The van der Waals surface area contributed by atoms with E-state index < -0.39 is 52.2 Å². The molecule has 0 aliphatic carbocycles. The Labute approximate surface area is 312 Å². The molecule has 3 aliphatic rings. The van der Waals surface area contributed by atoms with E-state index in [9.17, 15) is 23.1 Å². The Morgan fingerprint density at radius 3 is 2.60 bits per heavy atom. The van der Waals surface area contributed by atoms with Crippen molar-refractivity contribution in [3.8, 4) is 11.5 Å². The van der Waals surface area contributed by atoms with Gasteiger partial charge >= 0.3 is 12.2 Å². The Hall–Kier alpha value is -3.63. The van der Waals surface area contributed by atoms with Gasteiger partial charge in [0.15, 0.2) is 17.8 Å². The van der Waals surface area contributed by atoms with Crippen molar-refractivity contribution in [1.82, 2.24) is 14.9 Å². The molecular weight excluding hydrogens is 706 g/mol. The molecule has 0 saturated carbocycles. The van der Waals surface area contributed by atoms with Gasteiger partial charge in [-0.1, -0.05) is 70.4 Å². The van der Waals surface area contributed by atoms with Gasteiger partial charge in [0, 0.05) is 25.7 Å². The molecule has 5 atom stereocenters. The first-order valence-electron chi connectivity index (χ1n) is 18.7. The normalized spacial score (nSPS) is 20.5. The van der Waals surface area contributed by atoms with Gasteiger partial charge in [0.2, 0.25) is 16.8 Å². The number of hydrogen-bond acceptors (Lipinski definition) is 11. The van der Waals surface area contributed by atoms with Crippen LogP contribution in [0.4, 0.5) is 9.59 Å². The van der Waals surface area contributed by atoms with Crippen molar-refractivity contribution in [3.63, 3.8) is 0 Å². The summed E-state index contributed by atoms with van der Waals surface area (Å²) in [5.74, 6) is 0.713. The van der Waals surface area contributed by atoms with E-state index in [1.807, 2.05) is 51.1 Å². The van der Waals surface area contributed by atoms with E-state index in [0.717, 1.165) is 37.7 Å². The summed E-state index contributed by atoms with van der Waals surface area (Å²) in [6, 6.07) is 12.9. The maximum Gasteiger partial charge on any atom is 0.407 e. The molecule has 0 spiro atoms. The van der Waals surface area contributed by atoms with E-state index >= 15 is 0 Å². The number of carbonyl (C=O) groups excluding carboxylic acids is 2. The molecular formula is C38H55N3O11S. The number of ether oxygens (including phenoxy) is 6. The molecule has 3 N–H and O–H groups in total. The van der Waals surface area contributed by atoms with E-state index in [1.165, 1.54) is 16.4 Å². The molecule has 0 unspecified atom stereocenters. The number of rotatable bonds is 20. The van der Waals surface area contributed by atoms with Crippen molar-refractivity contribution >= 4 is 22.2 Å². The van der Waals surface area contributed by atoms with Gasteiger partial charge in [-0.05, 0) is 55.2 Å². The summed E-state index contributed by atoms with van der Waals surface area (Å²) in [5, 5.41) is 17.4. The Morgan fingerprint density at radius 1 is 1.02 bits per heavy atom. The highest BCUT2D eigenvalue weighted by Gasteiger charge is 2.44. The second kappa shape index (κ2) is 19.1. The van der Waals surface area contributed by atoms with Crippen molar-refractivity contribution in [1.29, 1.82) is 0 Å². The number of nitrogens with zero attached hydrogens (tertiary/aromatic N) is 1. The zero-order chi connectivity index (χ0) is 37.8. The highest BCUT2D eigenvalue weighted by Crippen LogP contribution is 2.36. The fourth-order valence-corrected chi connectivity index (χ4v) is 8.47. The number of fused-ring (bicyclic) bond motifs is 2. The van der Waals surface area contributed by atoms with E-state index in [1.54, 1.807) is 6.07 Å². The fourth-order valence-electron chi connectivity index (χ4n) is 6.80. The number of aliphatic hydroxyl groups is 1. The molecule has 2 fully saturated rings. The summed E-state index contributed by atoms with van der Waals surface area (Å²) in [6.07, 6.45) is 2.43. The van der Waals surface area contributed by atoms with Crippen LogP contribution in [0.3, 0.4) is 0 Å². The lowest BCUT2D eigenvalue weighted by molar-refractivity contribution is -0.0907. The van der Waals surface area contributed by atoms with Gasteiger partial charge in [0.1, 0.15) is 6.10 Å². The third-order valence-electron chi connectivity index (χ3n) is 9.82. The van der Waals surface area contributed by atoms with Gasteiger partial charge in [-0.25, -0.2) is 18.0 Å². The van der Waals surface area contributed by atoms with Crippen LogP contribution in [0.1, 0.15) is 71.3 Å². The molecule has 2 saturated heterocycles. The predicted octanol–water partition coefficient (Wildman–Crippen LogP) is 4.98. The van der Waals surface area contributed by atoms with Crippen LogP contribution in [-0.4, -0.2) is 101 Å². The number of unbranched alkanes of at least 4 members (excludes halogenated alkanes) is 3. The van der Waals surface area contributed by atoms with Gasteiger partial charge in [0.05, 0.1) is 42.8 Å².